The van der Waals surface area contributed by atoms with Gasteiger partial charge in [-0.2, -0.15) is 0 Å². The number of thioether (sulfide) groups is 1. The molecule has 7 heteroatoms. The van der Waals surface area contributed by atoms with Gasteiger partial charge in [0.15, 0.2) is 16.7 Å². The van der Waals surface area contributed by atoms with Gasteiger partial charge < -0.3 is 14.8 Å². The van der Waals surface area contributed by atoms with Crippen molar-refractivity contribution in [2.24, 2.45) is 0 Å². The zero-order chi connectivity index (χ0) is 15.6. The van der Waals surface area contributed by atoms with Gasteiger partial charge in [0.05, 0.1) is 23.1 Å². The van der Waals surface area contributed by atoms with Gasteiger partial charge in [0.1, 0.15) is 0 Å². The first-order chi connectivity index (χ1) is 9.90. The van der Waals surface area contributed by atoms with Crippen LogP contribution in [0.3, 0.4) is 0 Å². The zero-order valence-corrected chi connectivity index (χ0v) is 13.4. The van der Waals surface area contributed by atoms with Crippen LogP contribution in [0.25, 0.3) is 6.08 Å². The molecule has 0 saturated carbocycles. The molecule has 1 saturated heterocycles. The summed E-state index contributed by atoms with van der Waals surface area (Å²) < 4.78 is 10.9. The number of nitrogens with one attached hydrogen (secondary N) is 2. The maximum atomic E-state index is 11.6. The van der Waals surface area contributed by atoms with Crippen LogP contribution in [0.15, 0.2) is 17.0 Å². The Morgan fingerprint density at radius 3 is 2.67 bits per heavy atom. The Morgan fingerprint density at radius 1 is 1.43 bits per heavy atom. The molecule has 0 spiro atoms. The number of halogens is 1. The van der Waals surface area contributed by atoms with E-state index in [1.165, 1.54) is 7.11 Å². The molecule has 1 aliphatic rings. The van der Waals surface area contributed by atoms with E-state index in [0.29, 0.717) is 27.0 Å². The van der Waals surface area contributed by atoms with Crippen LogP contribution < -0.4 is 14.8 Å². The lowest BCUT2D eigenvalue weighted by Gasteiger charge is -2.15. The molecule has 1 aromatic rings. The van der Waals surface area contributed by atoms with Crippen molar-refractivity contribution in [2.75, 3.05) is 7.11 Å². The standard InChI is InChI=1S/C14H15ClN2O3S/c1-7(2)20-12-9(15)4-8(5-10(12)19-3)6-11-13(18)17-14(16)21-11/h4-7H,1-3H3,(H2,16,17,18). The van der Waals surface area contributed by atoms with Crippen molar-refractivity contribution < 1.29 is 14.3 Å². The molecule has 1 fully saturated rings. The van der Waals surface area contributed by atoms with Crippen molar-refractivity contribution in [3.05, 3.63) is 27.6 Å². The Balaban J connectivity index is 2.38. The molecule has 21 heavy (non-hydrogen) atoms. The lowest BCUT2D eigenvalue weighted by atomic mass is 10.1. The number of ether oxygens (including phenoxy) is 2. The highest BCUT2D eigenvalue weighted by Gasteiger charge is 2.22. The molecule has 1 heterocycles. The van der Waals surface area contributed by atoms with Crippen LogP contribution in [0.5, 0.6) is 11.5 Å². The van der Waals surface area contributed by atoms with Crippen molar-refractivity contribution in [3.8, 4) is 11.5 Å². The molecule has 112 valence electrons. The van der Waals surface area contributed by atoms with Gasteiger partial charge >= 0.3 is 0 Å². The number of rotatable bonds is 4. The van der Waals surface area contributed by atoms with Crippen LogP contribution in [-0.2, 0) is 4.79 Å². The van der Waals surface area contributed by atoms with Crippen LogP contribution in [0.2, 0.25) is 5.02 Å². The molecule has 1 amide bonds. The fraction of sp³-hybridized carbons (Fsp3) is 0.286. The minimum absolute atomic E-state index is 0.0303. The molecule has 0 aliphatic carbocycles. The third-order valence-electron chi connectivity index (χ3n) is 2.57. The predicted octanol–water partition coefficient (Wildman–Crippen LogP) is 3.27. The summed E-state index contributed by atoms with van der Waals surface area (Å²) in [5.74, 6) is 0.691. The summed E-state index contributed by atoms with van der Waals surface area (Å²) >= 11 is 7.30. The first kappa shape index (κ1) is 15.7. The Hall–Kier alpha value is -1.66. The lowest BCUT2D eigenvalue weighted by molar-refractivity contribution is -0.115. The minimum Gasteiger partial charge on any atom is -0.493 e. The second kappa shape index (κ2) is 6.41. The van der Waals surface area contributed by atoms with Crippen molar-refractivity contribution in [1.82, 2.24) is 5.32 Å². The fourth-order valence-electron chi connectivity index (χ4n) is 1.77. The molecule has 0 unspecified atom stereocenters. The number of amidine groups is 1. The number of carbonyl (C=O) groups excluding carboxylic acids is 1. The van der Waals surface area contributed by atoms with Crippen molar-refractivity contribution in [2.45, 2.75) is 20.0 Å². The second-order valence-electron chi connectivity index (χ2n) is 4.59. The lowest BCUT2D eigenvalue weighted by Crippen LogP contribution is -2.18. The molecule has 2 N–H and O–H groups in total. The number of methoxy groups -OCH3 is 1. The Kier molecular flexibility index (Phi) is 4.80. The highest BCUT2D eigenvalue weighted by Crippen LogP contribution is 2.38. The van der Waals surface area contributed by atoms with E-state index >= 15 is 0 Å². The number of benzene rings is 1. The van der Waals surface area contributed by atoms with E-state index in [0.717, 1.165) is 11.8 Å². The van der Waals surface area contributed by atoms with Crippen LogP contribution in [0.1, 0.15) is 19.4 Å². The molecular formula is C14H15ClN2O3S. The molecule has 0 bridgehead atoms. The van der Waals surface area contributed by atoms with Crippen molar-refractivity contribution >= 4 is 40.5 Å². The van der Waals surface area contributed by atoms with E-state index in [9.17, 15) is 4.79 Å². The molecular weight excluding hydrogens is 312 g/mol. The van der Waals surface area contributed by atoms with E-state index in [4.69, 9.17) is 26.5 Å². The third-order valence-corrected chi connectivity index (χ3v) is 3.68. The quantitative estimate of drug-likeness (QED) is 0.833. The Bertz CT molecular complexity index is 629. The summed E-state index contributed by atoms with van der Waals surface area (Å²) in [5, 5.41) is 10.4. The van der Waals surface area contributed by atoms with Crippen molar-refractivity contribution in [1.29, 1.82) is 5.41 Å². The molecule has 2 rings (SSSR count). The first-order valence-corrected chi connectivity index (χ1v) is 7.43. The summed E-state index contributed by atoms with van der Waals surface area (Å²) in [7, 11) is 1.53. The molecule has 0 radical (unpaired) electrons. The summed E-state index contributed by atoms with van der Waals surface area (Å²) in [6, 6.07) is 3.44. The molecule has 1 aromatic carbocycles. The average Bonchev–Trinajstić information content (AvgIpc) is 2.70. The fourth-order valence-corrected chi connectivity index (χ4v) is 2.73. The van der Waals surface area contributed by atoms with Gasteiger partial charge in [-0.15, -0.1) is 0 Å². The summed E-state index contributed by atoms with van der Waals surface area (Å²) in [4.78, 5) is 12.1. The van der Waals surface area contributed by atoms with Crippen LogP contribution in [0, 0.1) is 5.41 Å². The SMILES string of the molecule is COc1cc(C=C2SC(=N)NC2=O)cc(Cl)c1OC(C)C. The molecule has 5 nitrogen and oxygen atoms in total. The molecule has 1 aliphatic heterocycles. The van der Waals surface area contributed by atoms with Crippen molar-refractivity contribution in [3.63, 3.8) is 0 Å². The average molecular weight is 327 g/mol. The van der Waals surface area contributed by atoms with E-state index in [2.05, 4.69) is 5.32 Å². The van der Waals surface area contributed by atoms with E-state index < -0.39 is 0 Å². The van der Waals surface area contributed by atoms with Gasteiger partial charge in [0, 0.05) is 0 Å². The zero-order valence-electron chi connectivity index (χ0n) is 11.8. The van der Waals surface area contributed by atoms with Gasteiger partial charge in [-0.25, -0.2) is 0 Å². The smallest absolute Gasteiger partial charge is 0.264 e. The van der Waals surface area contributed by atoms with Gasteiger partial charge in [0.2, 0.25) is 0 Å². The van der Waals surface area contributed by atoms with E-state index in [-0.39, 0.29) is 17.2 Å². The Morgan fingerprint density at radius 2 is 2.14 bits per heavy atom. The highest BCUT2D eigenvalue weighted by molar-refractivity contribution is 8.18. The molecule has 0 aromatic heterocycles. The van der Waals surface area contributed by atoms with Crippen LogP contribution in [-0.4, -0.2) is 24.3 Å². The normalized spacial score (nSPS) is 16.5. The third kappa shape index (κ3) is 3.71. The number of amides is 1. The highest BCUT2D eigenvalue weighted by atomic mass is 35.5. The number of hydrogen-bond acceptors (Lipinski definition) is 5. The van der Waals surface area contributed by atoms with Crippen LogP contribution in [0.4, 0.5) is 0 Å². The maximum Gasteiger partial charge on any atom is 0.264 e. The minimum atomic E-state index is -0.289. The summed E-state index contributed by atoms with van der Waals surface area (Å²) in [6.07, 6.45) is 1.63. The second-order valence-corrected chi connectivity index (χ2v) is 6.05. The molecule has 0 atom stereocenters. The predicted molar refractivity (Wildman–Crippen MR) is 85.2 cm³/mol. The summed E-state index contributed by atoms with van der Waals surface area (Å²) in [5.41, 5.74) is 0.709. The van der Waals surface area contributed by atoms with E-state index in [1.54, 1.807) is 18.2 Å². The largest absolute Gasteiger partial charge is 0.493 e. The first-order valence-electron chi connectivity index (χ1n) is 6.24. The number of carbonyl (C=O) groups is 1. The topological polar surface area (TPSA) is 71.4 Å². The number of hydrogen-bond donors (Lipinski definition) is 2. The monoisotopic (exact) mass is 326 g/mol. The Labute approximate surface area is 132 Å². The van der Waals surface area contributed by atoms with Crippen LogP contribution >= 0.6 is 23.4 Å². The summed E-state index contributed by atoms with van der Waals surface area (Å²) in [6.45, 7) is 3.80. The van der Waals surface area contributed by atoms with E-state index in [1.807, 2.05) is 13.8 Å². The van der Waals surface area contributed by atoms with Gasteiger partial charge in [-0.3, -0.25) is 10.2 Å². The van der Waals surface area contributed by atoms with Gasteiger partial charge in [0.25, 0.3) is 5.91 Å². The maximum absolute atomic E-state index is 11.6. The van der Waals surface area contributed by atoms with Gasteiger partial charge in [-0.05, 0) is 49.4 Å². The van der Waals surface area contributed by atoms with Gasteiger partial charge in [-0.1, -0.05) is 11.6 Å².